The van der Waals surface area contributed by atoms with Crippen molar-refractivity contribution in [2.45, 2.75) is 45.9 Å². The smallest absolute Gasteiger partial charge is 0.264 e. The van der Waals surface area contributed by atoms with Gasteiger partial charge < -0.3 is 9.40 Å². The Bertz CT molecular complexity index is 1060. The van der Waals surface area contributed by atoms with Gasteiger partial charge in [-0.2, -0.15) is 0 Å². The molecule has 0 spiro atoms. The summed E-state index contributed by atoms with van der Waals surface area (Å²) in [6.45, 7) is 9.27. The normalized spacial score (nSPS) is 11.7. The summed E-state index contributed by atoms with van der Waals surface area (Å²) in [4.78, 5) is 3.26. The first-order chi connectivity index (χ1) is 12.2. The first-order valence-corrected chi connectivity index (χ1v) is 9.83. The summed E-state index contributed by atoms with van der Waals surface area (Å²) in [5, 5.41) is 7.93. The Hall–Kier alpha value is -2.61. The molecule has 2 N–H and O–H groups in total. The van der Waals surface area contributed by atoms with Gasteiger partial charge in [-0.15, -0.1) is 10.2 Å². The number of H-pyrrole nitrogens is 1. The molecule has 0 aliphatic heterocycles. The van der Waals surface area contributed by atoms with Crippen LogP contribution in [0, 0.1) is 27.7 Å². The van der Waals surface area contributed by atoms with Crippen LogP contribution in [0.3, 0.4) is 0 Å². The molecular formula is C18H22N4O3S. The van der Waals surface area contributed by atoms with Crippen molar-refractivity contribution < 1.29 is 12.8 Å². The Morgan fingerprint density at radius 3 is 2.46 bits per heavy atom. The lowest BCUT2D eigenvalue weighted by Gasteiger charge is -2.10. The van der Waals surface area contributed by atoms with E-state index in [0.29, 0.717) is 35.0 Å². The van der Waals surface area contributed by atoms with Crippen molar-refractivity contribution in [1.82, 2.24) is 15.2 Å². The van der Waals surface area contributed by atoms with E-state index in [2.05, 4.69) is 19.9 Å². The number of hydrogen-bond acceptors (Lipinski definition) is 5. The first kappa shape index (κ1) is 18.2. The third-order valence-electron chi connectivity index (χ3n) is 4.38. The molecule has 3 rings (SSSR count). The molecule has 2 heterocycles. The van der Waals surface area contributed by atoms with Gasteiger partial charge in [0.05, 0.1) is 0 Å². The van der Waals surface area contributed by atoms with Crippen molar-refractivity contribution >= 4 is 15.7 Å². The van der Waals surface area contributed by atoms with Crippen molar-refractivity contribution in [1.29, 1.82) is 0 Å². The first-order valence-electron chi connectivity index (χ1n) is 8.35. The van der Waals surface area contributed by atoms with Crippen molar-refractivity contribution in [3.8, 4) is 11.6 Å². The maximum absolute atomic E-state index is 12.9. The molecule has 0 unspecified atom stereocenters. The van der Waals surface area contributed by atoms with Gasteiger partial charge in [0.2, 0.25) is 5.89 Å². The van der Waals surface area contributed by atoms with Crippen molar-refractivity contribution in [2.75, 3.05) is 4.72 Å². The number of aryl methyl sites for hydroxylation is 4. The molecule has 0 atom stereocenters. The van der Waals surface area contributed by atoms with E-state index in [1.807, 2.05) is 32.9 Å². The molecular weight excluding hydrogens is 352 g/mol. The average Bonchev–Trinajstić information content (AvgIpc) is 3.15. The quantitative estimate of drug-likeness (QED) is 0.710. The van der Waals surface area contributed by atoms with Crippen LogP contribution >= 0.6 is 0 Å². The number of nitrogens with one attached hydrogen (secondary N) is 2. The van der Waals surface area contributed by atoms with E-state index in [1.165, 1.54) is 0 Å². The molecule has 0 saturated carbocycles. The Morgan fingerprint density at radius 1 is 1.12 bits per heavy atom. The molecule has 0 radical (unpaired) electrons. The number of rotatable bonds is 5. The number of benzene rings is 1. The fourth-order valence-corrected chi connectivity index (χ4v) is 4.36. The van der Waals surface area contributed by atoms with Crippen LogP contribution < -0.4 is 4.72 Å². The number of nitrogens with zero attached hydrogens (tertiary/aromatic N) is 2. The molecule has 2 aromatic heterocycles. The van der Waals surface area contributed by atoms with Gasteiger partial charge in [0.25, 0.3) is 15.9 Å². The Balaban J connectivity index is 2.01. The van der Waals surface area contributed by atoms with Gasteiger partial charge in [0, 0.05) is 23.4 Å². The molecule has 26 heavy (non-hydrogen) atoms. The van der Waals surface area contributed by atoms with E-state index in [1.54, 1.807) is 19.9 Å². The second-order valence-corrected chi connectivity index (χ2v) is 7.96. The second kappa shape index (κ2) is 6.60. The van der Waals surface area contributed by atoms with Gasteiger partial charge in [-0.05, 0) is 51.0 Å². The van der Waals surface area contributed by atoms with Gasteiger partial charge in [0.15, 0.2) is 0 Å². The number of sulfonamides is 1. The molecule has 0 aliphatic rings. The van der Waals surface area contributed by atoms with E-state index < -0.39 is 10.0 Å². The largest absolute Gasteiger partial charge is 0.419 e. The predicted octanol–water partition coefficient (Wildman–Crippen LogP) is 3.66. The van der Waals surface area contributed by atoms with Crippen LogP contribution in [-0.2, 0) is 16.4 Å². The zero-order chi connectivity index (χ0) is 19.1. The summed E-state index contributed by atoms with van der Waals surface area (Å²) in [7, 11) is -3.76. The van der Waals surface area contributed by atoms with Gasteiger partial charge in [-0.25, -0.2) is 8.42 Å². The Kier molecular flexibility index (Phi) is 4.62. The number of anilines is 1. The van der Waals surface area contributed by atoms with Gasteiger partial charge >= 0.3 is 0 Å². The number of aromatic amines is 1. The minimum Gasteiger partial charge on any atom is -0.419 e. The van der Waals surface area contributed by atoms with Crippen LogP contribution in [0.4, 0.5) is 5.69 Å². The molecule has 0 aliphatic carbocycles. The number of aromatic nitrogens is 3. The molecule has 0 amide bonds. The van der Waals surface area contributed by atoms with E-state index >= 15 is 0 Å². The molecule has 138 valence electrons. The molecule has 7 nitrogen and oxygen atoms in total. The summed E-state index contributed by atoms with van der Waals surface area (Å²) < 4.78 is 34.1. The molecule has 1 aromatic carbocycles. The predicted molar refractivity (Wildman–Crippen MR) is 99.7 cm³/mol. The lowest BCUT2D eigenvalue weighted by Crippen LogP contribution is -2.14. The highest BCUT2D eigenvalue weighted by atomic mass is 32.2. The van der Waals surface area contributed by atoms with Crippen LogP contribution in [0.5, 0.6) is 0 Å². The van der Waals surface area contributed by atoms with E-state index in [-0.39, 0.29) is 10.8 Å². The molecule has 0 saturated heterocycles. The van der Waals surface area contributed by atoms with E-state index in [4.69, 9.17) is 4.42 Å². The summed E-state index contributed by atoms with van der Waals surface area (Å²) in [6, 6.07) is 5.46. The topological polar surface area (TPSA) is 101 Å². The minimum atomic E-state index is -3.76. The molecule has 8 heteroatoms. The lowest BCUT2D eigenvalue weighted by molar-refractivity contribution is 0.511. The summed E-state index contributed by atoms with van der Waals surface area (Å²) in [5.74, 6) is 0.791. The highest BCUT2D eigenvalue weighted by molar-refractivity contribution is 7.92. The lowest BCUT2D eigenvalue weighted by atomic mass is 10.1. The van der Waals surface area contributed by atoms with Crippen molar-refractivity contribution in [3.05, 3.63) is 46.5 Å². The Labute approximate surface area is 152 Å². The van der Waals surface area contributed by atoms with Crippen LogP contribution in [-0.4, -0.2) is 23.6 Å². The fraction of sp³-hybridized carbons (Fsp3) is 0.333. The zero-order valence-electron chi connectivity index (χ0n) is 15.5. The maximum Gasteiger partial charge on any atom is 0.264 e. The molecule has 0 bridgehead atoms. The van der Waals surface area contributed by atoms with Crippen molar-refractivity contribution in [3.63, 3.8) is 0 Å². The van der Waals surface area contributed by atoms with Crippen LogP contribution in [0.25, 0.3) is 11.6 Å². The SMILES string of the molecule is CCc1nnc(-c2[nH]c(C)c(S(=O)(=O)Nc3ccc(C)c(C)c3)c2C)o1. The minimum absolute atomic E-state index is 0.196. The molecule has 0 fully saturated rings. The number of hydrogen-bond donors (Lipinski definition) is 2. The van der Waals surface area contributed by atoms with E-state index in [9.17, 15) is 8.42 Å². The second-order valence-electron chi connectivity index (χ2n) is 6.34. The third kappa shape index (κ3) is 3.24. The summed E-state index contributed by atoms with van der Waals surface area (Å²) in [6.07, 6.45) is 0.616. The van der Waals surface area contributed by atoms with Crippen molar-refractivity contribution in [2.24, 2.45) is 0 Å². The van der Waals surface area contributed by atoms with Crippen LogP contribution in [0.2, 0.25) is 0 Å². The van der Waals surface area contributed by atoms with Crippen LogP contribution in [0.1, 0.15) is 35.2 Å². The molecule has 3 aromatic rings. The zero-order valence-corrected chi connectivity index (χ0v) is 16.3. The Morgan fingerprint density at radius 2 is 1.85 bits per heavy atom. The van der Waals surface area contributed by atoms with Gasteiger partial charge in [0.1, 0.15) is 10.6 Å². The van der Waals surface area contributed by atoms with Crippen LogP contribution in [0.15, 0.2) is 27.5 Å². The maximum atomic E-state index is 12.9. The summed E-state index contributed by atoms with van der Waals surface area (Å²) in [5.41, 5.74) is 4.24. The average molecular weight is 374 g/mol. The third-order valence-corrected chi connectivity index (χ3v) is 6.03. The van der Waals surface area contributed by atoms with Gasteiger partial charge in [-0.1, -0.05) is 13.0 Å². The van der Waals surface area contributed by atoms with Gasteiger partial charge in [-0.3, -0.25) is 4.72 Å². The monoisotopic (exact) mass is 374 g/mol. The fourth-order valence-electron chi connectivity index (χ4n) is 2.86. The highest BCUT2D eigenvalue weighted by Gasteiger charge is 2.26. The highest BCUT2D eigenvalue weighted by Crippen LogP contribution is 2.31. The van der Waals surface area contributed by atoms with E-state index in [0.717, 1.165) is 11.1 Å². The summed E-state index contributed by atoms with van der Waals surface area (Å²) >= 11 is 0. The standard InChI is InChI=1S/C18H22N4O3S/c1-6-15-20-21-18(25-15)16-12(4)17(13(5)19-16)26(23,24)22-14-8-7-10(2)11(3)9-14/h7-9,19,22H,6H2,1-5H3.